The molecule has 0 spiro atoms. The Bertz CT molecular complexity index is 835. The molecule has 0 saturated heterocycles. The van der Waals surface area contributed by atoms with Crippen molar-refractivity contribution in [2.45, 2.75) is 51.6 Å². The summed E-state index contributed by atoms with van der Waals surface area (Å²) in [6.45, 7) is 8.59. The van der Waals surface area contributed by atoms with Crippen molar-refractivity contribution in [3.05, 3.63) is 46.6 Å². The second-order valence-corrected chi connectivity index (χ2v) is 8.83. The molecule has 0 radical (unpaired) electrons. The van der Waals surface area contributed by atoms with Gasteiger partial charge in [-0.15, -0.1) is 0 Å². The normalized spacial score (nSPS) is 15.9. The minimum Gasteiger partial charge on any atom is -0.741 e. The largest absolute Gasteiger partial charge is 0.741 e. The van der Waals surface area contributed by atoms with Gasteiger partial charge in [-0.05, 0) is 40.5 Å². The van der Waals surface area contributed by atoms with Crippen LogP contribution in [0, 0.1) is 0 Å². The summed E-state index contributed by atoms with van der Waals surface area (Å²) in [5.74, 6) is 0. The molecule has 0 N–H and O–H groups in total. The predicted molar refractivity (Wildman–Crippen MR) is 95.8 cm³/mol. The van der Waals surface area contributed by atoms with Crippen LogP contribution in [-0.4, -0.2) is 37.0 Å². The van der Waals surface area contributed by atoms with Gasteiger partial charge in [0, 0.05) is 26.2 Å². The monoisotopic (exact) mass is 576 g/mol. The van der Waals surface area contributed by atoms with Gasteiger partial charge < -0.3 is 9.11 Å². The fourth-order valence-electron chi connectivity index (χ4n) is 1.66. The Morgan fingerprint density at radius 1 is 0.677 bits per heavy atom. The van der Waals surface area contributed by atoms with Crippen LogP contribution in [0.15, 0.2) is 46.6 Å². The third-order valence-electron chi connectivity index (χ3n) is 3.01. The molecule has 2 rings (SSSR count). The topological polar surface area (TPSA) is 114 Å². The zero-order valence-electron chi connectivity index (χ0n) is 16.8. The second-order valence-electron chi connectivity index (χ2n) is 6.09. The molecule has 2 aliphatic rings. The van der Waals surface area contributed by atoms with E-state index in [1.165, 1.54) is 35.1 Å². The van der Waals surface area contributed by atoms with E-state index >= 15 is 0 Å². The summed E-state index contributed by atoms with van der Waals surface area (Å²) in [4.78, 5) is 0. The summed E-state index contributed by atoms with van der Waals surface area (Å²) in [6.07, 6.45) is 11.3. The number of hydrogen-bond donors (Lipinski definition) is 0. The van der Waals surface area contributed by atoms with Crippen molar-refractivity contribution in [2.75, 3.05) is 0 Å². The summed E-state index contributed by atoms with van der Waals surface area (Å²) in [7, 11) is -12.2. The van der Waals surface area contributed by atoms with Gasteiger partial charge in [-0.3, -0.25) is 0 Å². The van der Waals surface area contributed by atoms with E-state index in [0.717, 1.165) is 0 Å². The van der Waals surface area contributed by atoms with Crippen LogP contribution in [0.3, 0.4) is 0 Å². The van der Waals surface area contributed by atoms with Crippen molar-refractivity contribution >= 4 is 20.2 Å². The van der Waals surface area contributed by atoms with Crippen molar-refractivity contribution in [3.8, 4) is 0 Å². The molecule has 0 fully saturated rings. The van der Waals surface area contributed by atoms with Crippen LogP contribution in [0.2, 0.25) is 0 Å². The van der Waals surface area contributed by atoms with E-state index in [4.69, 9.17) is 25.9 Å². The van der Waals surface area contributed by atoms with E-state index in [0.29, 0.717) is 0 Å². The summed E-state index contributed by atoms with van der Waals surface area (Å²) in [5, 5.41) is 0. The summed E-state index contributed by atoms with van der Waals surface area (Å²) in [5.41, 5.74) is -5.50. The molecule has 0 bridgehead atoms. The minimum atomic E-state index is -6.09. The van der Waals surface area contributed by atoms with E-state index in [-0.39, 0.29) is 26.2 Å². The van der Waals surface area contributed by atoms with Gasteiger partial charge >= 0.3 is 11.0 Å². The molecule has 0 amide bonds. The molecule has 2 aliphatic carbocycles. The Morgan fingerprint density at radius 2 is 0.871 bits per heavy atom. The minimum absolute atomic E-state index is 0. The first-order valence-electron chi connectivity index (χ1n) is 7.80. The molecular weight excluding hydrogens is 558 g/mol. The van der Waals surface area contributed by atoms with E-state index in [2.05, 4.69) is 52.0 Å². The molecule has 0 aromatic carbocycles. The van der Waals surface area contributed by atoms with Crippen molar-refractivity contribution in [3.63, 3.8) is 0 Å². The molecule has 0 unspecified atom stereocenters. The standard InChI is InChI=1S/2C7H10.2CHF3O3S.Zr/c2*1-6-3-4-7(2)5-6;2*2-1(3,4)8(5,6)7;/h2*3,5H,4H2,1-2H3;2*(H,5,6,7);/p-2. The van der Waals surface area contributed by atoms with Gasteiger partial charge in [0.05, 0.1) is 0 Å². The Kier molecular flexibility index (Phi) is 15.4. The van der Waals surface area contributed by atoms with Crippen LogP contribution >= 0.6 is 0 Å². The molecule has 15 heteroatoms. The molecule has 0 saturated carbocycles. The van der Waals surface area contributed by atoms with Gasteiger partial charge in [-0.25, -0.2) is 16.8 Å². The first-order chi connectivity index (χ1) is 13.1. The van der Waals surface area contributed by atoms with Crippen LogP contribution in [0.4, 0.5) is 26.3 Å². The van der Waals surface area contributed by atoms with Gasteiger partial charge in [-0.1, -0.05) is 46.6 Å². The zero-order chi connectivity index (χ0) is 24.6. The summed E-state index contributed by atoms with van der Waals surface area (Å²) < 4.78 is 118. The van der Waals surface area contributed by atoms with E-state index in [1.54, 1.807) is 0 Å². The maximum atomic E-state index is 10.7. The molecule has 6 nitrogen and oxygen atoms in total. The maximum absolute atomic E-state index is 10.7. The van der Waals surface area contributed by atoms with Crippen LogP contribution in [0.25, 0.3) is 0 Å². The average Bonchev–Trinajstić information content (AvgIpc) is 3.04. The molecule has 0 heterocycles. The van der Waals surface area contributed by atoms with E-state index < -0.39 is 31.3 Å². The van der Waals surface area contributed by atoms with Crippen molar-refractivity contribution in [1.29, 1.82) is 0 Å². The van der Waals surface area contributed by atoms with Gasteiger partial charge in [0.2, 0.25) is 0 Å². The Labute approximate surface area is 196 Å². The zero-order valence-corrected chi connectivity index (χ0v) is 20.8. The third-order valence-corrected chi connectivity index (χ3v) is 4.14. The van der Waals surface area contributed by atoms with Crippen molar-refractivity contribution < 1.29 is 78.5 Å². The molecule has 0 atom stereocenters. The SMILES string of the molecule is CC1=CCC(C)=C1.CC1=CCC(C)=C1.O=S(=O)([O-])C(F)(F)F.O=S(=O)([O-])C(F)(F)F.[Zr]. The number of halogens is 6. The number of hydrogen-bond acceptors (Lipinski definition) is 6. The second kappa shape index (κ2) is 13.7. The Morgan fingerprint density at radius 3 is 0.903 bits per heavy atom. The Balaban J connectivity index is -0.000000334. The van der Waals surface area contributed by atoms with E-state index in [9.17, 15) is 26.3 Å². The van der Waals surface area contributed by atoms with Gasteiger partial charge in [-0.2, -0.15) is 26.3 Å². The molecule has 31 heavy (non-hydrogen) atoms. The quantitative estimate of drug-likeness (QED) is 0.235. The molecule has 0 aromatic rings. The first-order valence-corrected chi connectivity index (χ1v) is 10.6. The van der Waals surface area contributed by atoms with E-state index in [1.807, 2.05) is 0 Å². The summed E-state index contributed by atoms with van der Waals surface area (Å²) in [6, 6.07) is 0. The smallest absolute Gasteiger partial charge is 0.485 e. The molecule has 180 valence electrons. The average molecular weight is 578 g/mol. The van der Waals surface area contributed by atoms with Crippen LogP contribution in [0.1, 0.15) is 40.5 Å². The molecule has 0 aromatic heterocycles. The van der Waals surface area contributed by atoms with Crippen molar-refractivity contribution in [2.24, 2.45) is 0 Å². The van der Waals surface area contributed by atoms with Gasteiger partial charge in [0.15, 0.2) is 20.2 Å². The fraction of sp³-hybridized carbons (Fsp3) is 0.500. The van der Waals surface area contributed by atoms with Gasteiger partial charge in [0.25, 0.3) is 0 Å². The van der Waals surface area contributed by atoms with Crippen LogP contribution < -0.4 is 0 Å². The number of allylic oxidation sites excluding steroid dienone is 8. The number of alkyl halides is 6. The Hall–Kier alpha value is -0.757. The third kappa shape index (κ3) is 17.5. The number of rotatable bonds is 0. The summed E-state index contributed by atoms with van der Waals surface area (Å²) >= 11 is 0. The molecular formula is C16H20F6O6S2Zr-2. The maximum Gasteiger partial charge on any atom is 0.485 e. The van der Waals surface area contributed by atoms with Crippen LogP contribution in [0.5, 0.6) is 0 Å². The predicted octanol–water partition coefficient (Wildman–Crippen LogP) is 4.67. The fourth-order valence-corrected chi connectivity index (χ4v) is 1.66. The van der Waals surface area contributed by atoms with Crippen molar-refractivity contribution in [1.82, 2.24) is 0 Å². The van der Waals surface area contributed by atoms with Gasteiger partial charge in [0.1, 0.15) is 0 Å². The van der Waals surface area contributed by atoms with Crippen LogP contribution in [-0.2, 0) is 46.4 Å². The molecule has 0 aliphatic heterocycles. The first kappa shape index (κ1) is 34.8.